The van der Waals surface area contributed by atoms with E-state index in [1.54, 1.807) is 18.5 Å². The lowest BCUT2D eigenvalue weighted by molar-refractivity contribution is -0.122. The average molecular weight is 340 g/mol. The third kappa shape index (κ3) is 3.51. The van der Waals surface area contributed by atoms with Gasteiger partial charge in [0.15, 0.2) is 0 Å². The zero-order valence-corrected chi connectivity index (χ0v) is 13.3. The molecule has 2 heterocycles. The normalized spacial score (nSPS) is 17.7. The molecule has 1 aliphatic heterocycles. The lowest BCUT2D eigenvalue weighted by atomic mass is 10.2. The van der Waals surface area contributed by atoms with E-state index in [1.165, 1.54) is 4.68 Å². The molecule has 8 heteroatoms. The molecule has 1 fully saturated rings. The molecule has 1 atom stereocenters. The van der Waals surface area contributed by atoms with Gasteiger partial charge in [-0.05, 0) is 24.6 Å². The molecule has 116 valence electrons. The van der Waals surface area contributed by atoms with Crippen molar-refractivity contribution in [3.05, 3.63) is 40.6 Å². The summed E-state index contributed by atoms with van der Waals surface area (Å²) in [4.78, 5) is 14.1. The van der Waals surface area contributed by atoms with Crippen molar-refractivity contribution in [1.29, 1.82) is 0 Å². The Balaban J connectivity index is 1.57. The molecule has 1 aliphatic rings. The molecule has 0 spiro atoms. The molecule has 2 aromatic rings. The third-order valence-electron chi connectivity index (χ3n) is 3.58. The Kier molecular flexibility index (Phi) is 4.49. The molecule has 0 aliphatic carbocycles. The Labute approximate surface area is 138 Å². The van der Waals surface area contributed by atoms with Gasteiger partial charge in [0, 0.05) is 30.4 Å². The molecule has 3 rings (SSSR count). The molecule has 0 unspecified atom stereocenters. The van der Waals surface area contributed by atoms with Crippen LogP contribution in [-0.2, 0) is 11.3 Å². The highest BCUT2D eigenvalue weighted by Crippen LogP contribution is 2.31. The van der Waals surface area contributed by atoms with E-state index >= 15 is 0 Å². The van der Waals surface area contributed by atoms with Crippen LogP contribution in [0.15, 0.2) is 30.6 Å². The van der Waals surface area contributed by atoms with Crippen molar-refractivity contribution in [2.24, 2.45) is 0 Å². The van der Waals surface area contributed by atoms with Gasteiger partial charge in [-0.15, -0.1) is 5.10 Å². The highest BCUT2D eigenvalue weighted by Gasteiger charge is 2.25. The fraction of sp³-hybridized carbons (Fsp3) is 0.357. The van der Waals surface area contributed by atoms with Crippen LogP contribution in [0, 0.1) is 0 Å². The van der Waals surface area contributed by atoms with Crippen LogP contribution in [0.3, 0.4) is 0 Å². The van der Waals surface area contributed by atoms with Crippen molar-refractivity contribution < 1.29 is 4.79 Å². The molecule has 22 heavy (non-hydrogen) atoms. The summed E-state index contributed by atoms with van der Waals surface area (Å²) in [6.45, 7) is 1.75. The number of halogens is 2. The molecule has 0 radical (unpaired) electrons. The smallest absolute Gasteiger partial charge is 0.242 e. The van der Waals surface area contributed by atoms with E-state index in [0.29, 0.717) is 10.0 Å². The van der Waals surface area contributed by atoms with Crippen LogP contribution < -0.4 is 10.2 Å². The first kappa shape index (κ1) is 15.1. The summed E-state index contributed by atoms with van der Waals surface area (Å²) in [7, 11) is 0. The third-order valence-corrected chi connectivity index (χ3v) is 4.12. The van der Waals surface area contributed by atoms with Crippen LogP contribution in [0.2, 0.25) is 10.0 Å². The number of nitrogens with one attached hydrogen (secondary N) is 1. The number of carbonyl (C=O) groups is 1. The van der Waals surface area contributed by atoms with Gasteiger partial charge >= 0.3 is 0 Å². The molecule has 1 saturated heterocycles. The Morgan fingerprint density at radius 2 is 2.27 bits per heavy atom. The first-order chi connectivity index (χ1) is 10.6. The zero-order valence-electron chi connectivity index (χ0n) is 11.7. The number of hydrogen-bond acceptors (Lipinski definition) is 4. The second-order valence-corrected chi connectivity index (χ2v) is 6.04. The molecule has 0 saturated carbocycles. The summed E-state index contributed by atoms with van der Waals surface area (Å²) >= 11 is 12.1. The molecule has 1 aromatic heterocycles. The molecular formula is C14H15Cl2N5O. The minimum atomic E-state index is -0.0699. The zero-order chi connectivity index (χ0) is 15.5. The van der Waals surface area contributed by atoms with Crippen molar-refractivity contribution in [2.45, 2.75) is 19.0 Å². The van der Waals surface area contributed by atoms with E-state index in [2.05, 4.69) is 20.5 Å². The van der Waals surface area contributed by atoms with Gasteiger partial charge in [-0.25, -0.2) is 4.68 Å². The summed E-state index contributed by atoms with van der Waals surface area (Å²) in [5.41, 5.74) is 0.944. The number of nitrogens with zero attached hydrogens (tertiary/aromatic N) is 4. The number of rotatable bonds is 4. The van der Waals surface area contributed by atoms with E-state index in [-0.39, 0.29) is 18.5 Å². The van der Waals surface area contributed by atoms with Crippen LogP contribution in [0.1, 0.15) is 6.42 Å². The monoisotopic (exact) mass is 339 g/mol. The van der Waals surface area contributed by atoms with Gasteiger partial charge in [0.2, 0.25) is 5.91 Å². The van der Waals surface area contributed by atoms with Gasteiger partial charge < -0.3 is 10.2 Å². The summed E-state index contributed by atoms with van der Waals surface area (Å²) < 4.78 is 1.50. The molecule has 1 amide bonds. The first-order valence-corrected chi connectivity index (χ1v) is 7.71. The highest BCUT2D eigenvalue weighted by molar-refractivity contribution is 6.36. The van der Waals surface area contributed by atoms with Crippen LogP contribution in [-0.4, -0.2) is 40.0 Å². The number of hydrogen-bond donors (Lipinski definition) is 1. The fourth-order valence-electron chi connectivity index (χ4n) is 2.57. The van der Waals surface area contributed by atoms with Crippen LogP contribution in [0.4, 0.5) is 5.69 Å². The second-order valence-electron chi connectivity index (χ2n) is 5.20. The average Bonchev–Trinajstić information content (AvgIpc) is 3.10. The van der Waals surface area contributed by atoms with Crippen molar-refractivity contribution >= 4 is 34.8 Å². The SMILES string of the molecule is O=C(Cn1ccnn1)N[C@H]1CCN(c2ccc(Cl)cc2Cl)C1. The van der Waals surface area contributed by atoms with Gasteiger partial charge in [-0.1, -0.05) is 28.4 Å². The van der Waals surface area contributed by atoms with Crippen LogP contribution >= 0.6 is 23.2 Å². The number of carbonyl (C=O) groups excluding carboxylic acids is 1. The van der Waals surface area contributed by atoms with Crippen molar-refractivity contribution in [3.8, 4) is 0 Å². The topological polar surface area (TPSA) is 63.1 Å². The van der Waals surface area contributed by atoms with Gasteiger partial charge in [0.1, 0.15) is 6.54 Å². The van der Waals surface area contributed by atoms with Crippen molar-refractivity contribution in [1.82, 2.24) is 20.3 Å². The summed E-state index contributed by atoms with van der Waals surface area (Å²) in [5, 5.41) is 11.7. The van der Waals surface area contributed by atoms with Gasteiger partial charge in [0.25, 0.3) is 0 Å². The van der Waals surface area contributed by atoms with Crippen molar-refractivity contribution in [2.75, 3.05) is 18.0 Å². The van der Waals surface area contributed by atoms with Crippen LogP contribution in [0.25, 0.3) is 0 Å². The van der Waals surface area contributed by atoms with Crippen LogP contribution in [0.5, 0.6) is 0 Å². The van der Waals surface area contributed by atoms with E-state index < -0.39 is 0 Å². The Hall–Kier alpha value is -1.79. The highest BCUT2D eigenvalue weighted by atomic mass is 35.5. The Bertz CT molecular complexity index is 661. The fourth-order valence-corrected chi connectivity index (χ4v) is 3.10. The Morgan fingerprint density at radius 3 is 3.00 bits per heavy atom. The minimum Gasteiger partial charge on any atom is -0.368 e. The van der Waals surface area contributed by atoms with Crippen molar-refractivity contribution in [3.63, 3.8) is 0 Å². The number of aromatic nitrogens is 3. The lowest BCUT2D eigenvalue weighted by Gasteiger charge is -2.20. The molecule has 6 nitrogen and oxygen atoms in total. The largest absolute Gasteiger partial charge is 0.368 e. The first-order valence-electron chi connectivity index (χ1n) is 6.95. The van der Waals surface area contributed by atoms with E-state index in [1.807, 2.05) is 12.1 Å². The van der Waals surface area contributed by atoms with E-state index in [9.17, 15) is 4.79 Å². The second kappa shape index (κ2) is 6.54. The lowest BCUT2D eigenvalue weighted by Crippen LogP contribution is -2.39. The maximum atomic E-state index is 12.0. The van der Waals surface area contributed by atoms with Gasteiger partial charge in [-0.3, -0.25) is 4.79 Å². The van der Waals surface area contributed by atoms with Gasteiger partial charge in [-0.2, -0.15) is 0 Å². The number of anilines is 1. The molecule has 1 aromatic carbocycles. The summed E-state index contributed by atoms with van der Waals surface area (Å²) in [5.74, 6) is -0.0699. The van der Waals surface area contributed by atoms with Gasteiger partial charge in [0.05, 0.1) is 16.9 Å². The maximum absolute atomic E-state index is 12.0. The summed E-state index contributed by atoms with van der Waals surface area (Å²) in [6.07, 6.45) is 4.09. The number of amides is 1. The molecular weight excluding hydrogens is 325 g/mol. The predicted octanol–water partition coefficient (Wildman–Crippen LogP) is 1.98. The maximum Gasteiger partial charge on any atom is 0.242 e. The number of benzene rings is 1. The molecule has 0 bridgehead atoms. The van der Waals surface area contributed by atoms with E-state index in [0.717, 1.165) is 25.2 Å². The standard InChI is InChI=1S/C14H15Cl2N5O/c15-10-1-2-13(12(16)7-10)20-5-3-11(8-20)18-14(22)9-21-6-4-17-19-21/h1-2,4,6-7,11H,3,5,8-9H2,(H,18,22)/t11-/m0/s1. The molecule has 1 N–H and O–H groups in total. The van der Waals surface area contributed by atoms with E-state index in [4.69, 9.17) is 23.2 Å². The quantitative estimate of drug-likeness (QED) is 0.925. The Morgan fingerprint density at radius 1 is 1.41 bits per heavy atom. The minimum absolute atomic E-state index is 0.0699. The predicted molar refractivity (Wildman–Crippen MR) is 85.2 cm³/mol. The summed E-state index contributed by atoms with van der Waals surface area (Å²) in [6, 6.07) is 5.56.